The summed E-state index contributed by atoms with van der Waals surface area (Å²) in [5.74, 6) is -1.69. The first-order valence-corrected chi connectivity index (χ1v) is 6.08. The molecule has 0 spiro atoms. The molecule has 0 aliphatic carbocycles. The number of carboxylic acids is 1. The summed E-state index contributed by atoms with van der Waals surface area (Å²) in [6, 6.07) is 11.9. The molecular weight excluding hydrogens is 243 g/mol. The van der Waals surface area contributed by atoms with E-state index in [1.54, 1.807) is 19.1 Å². The van der Waals surface area contributed by atoms with Crippen molar-refractivity contribution in [1.29, 1.82) is 0 Å². The van der Waals surface area contributed by atoms with Crippen molar-refractivity contribution in [2.24, 2.45) is 0 Å². The van der Waals surface area contributed by atoms with Crippen molar-refractivity contribution in [2.45, 2.75) is 19.8 Å². The maximum Gasteiger partial charge on any atom is 0.310 e. The Hall–Kier alpha value is -2.16. The first-order chi connectivity index (χ1) is 8.99. The van der Waals surface area contributed by atoms with Crippen LogP contribution in [-0.4, -0.2) is 11.1 Å². The van der Waals surface area contributed by atoms with Gasteiger partial charge in [-0.1, -0.05) is 30.3 Å². The van der Waals surface area contributed by atoms with Crippen LogP contribution in [0.25, 0.3) is 11.1 Å². The van der Waals surface area contributed by atoms with Crippen LogP contribution in [0.1, 0.15) is 24.0 Å². The maximum absolute atomic E-state index is 12.9. The van der Waals surface area contributed by atoms with Crippen LogP contribution in [0, 0.1) is 12.7 Å². The van der Waals surface area contributed by atoms with Crippen LogP contribution in [0.3, 0.4) is 0 Å². The van der Waals surface area contributed by atoms with Crippen molar-refractivity contribution in [1.82, 2.24) is 0 Å². The standard InChI is InChI=1S/C16H15FO2/c1-10-3-4-13(9-15(10)11(2)16(18)19)12-5-7-14(17)8-6-12/h3-9,11H,1-2H3,(H,18,19). The Morgan fingerprint density at radius 2 is 1.68 bits per heavy atom. The number of rotatable bonds is 3. The highest BCUT2D eigenvalue weighted by molar-refractivity contribution is 5.77. The van der Waals surface area contributed by atoms with Gasteiger partial charge in [-0.25, -0.2) is 4.39 Å². The largest absolute Gasteiger partial charge is 0.481 e. The van der Waals surface area contributed by atoms with E-state index >= 15 is 0 Å². The van der Waals surface area contributed by atoms with Gasteiger partial charge in [0, 0.05) is 0 Å². The summed E-state index contributed by atoms with van der Waals surface area (Å²) in [7, 11) is 0. The van der Waals surface area contributed by atoms with Crippen molar-refractivity contribution >= 4 is 5.97 Å². The molecule has 2 nitrogen and oxygen atoms in total. The average molecular weight is 258 g/mol. The maximum atomic E-state index is 12.9. The number of aryl methyl sites for hydroxylation is 1. The summed E-state index contributed by atoms with van der Waals surface area (Å²) < 4.78 is 12.9. The Morgan fingerprint density at radius 1 is 1.11 bits per heavy atom. The second kappa shape index (κ2) is 5.22. The Kier molecular flexibility index (Phi) is 3.65. The lowest BCUT2D eigenvalue weighted by molar-refractivity contribution is -0.138. The van der Waals surface area contributed by atoms with E-state index < -0.39 is 11.9 Å². The molecule has 2 rings (SSSR count). The number of carbonyl (C=O) groups is 1. The topological polar surface area (TPSA) is 37.3 Å². The Labute approximate surface area is 111 Å². The molecule has 0 saturated carbocycles. The monoisotopic (exact) mass is 258 g/mol. The lowest BCUT2D eigenvalue weighted by Crippen LogP contribution is -2.09. The molecule has 0 aliphatic rings. The van der Waals surface area contributed by atoms with E-state index in [0.717, 1.165) is 22.3 Å². The van der Waals surface area contributed by atoms with Crippen LogP contribution in [0.15, 0.2) is 42.5 Å². The van der Waals surface area contributed by atoms with Gasteiger partial charge in [0.2, 0.25) is 0 Å². The summed E-state index contributed by atoms with van der Waals surface area (Å²) in [6.07, 6.45) is 0. The number of carboxylic acid groups (broad SMARTS) is 1. The molecule has 19 heavy (non-hydrogen) atoms. The number of halogens is 1. The molecular formula is C16H15FO2. The van der Waals surface area contributed by atoms with Gasteiger partial charge in [-0.05, 0) is 48.2 Å². The van der Waals surface area contributed by atoms with Gasteiger partial charge in [0.25, 0.3) is 0 Å². The average Bonchev–Trinajstić information content (AvgIpc) is 2.39. The molecule has 1 atom stereocenters. The highest BCUT2D eigenvalue weighted by Crippen LogP contribution is 2.27. The molecule has 0 fully saturated rings. The molecule has 0 aliphatic heterocycles. The van der Waals surface area contributed by atoms with Crippen molar-refractivity contribution in [3.05, 3.63) is 59.4 Å². The molecule has 0 radical (unpaired) electrons. The zero-order valence-electron chi connectivity index (χ0n) is 10.9. The van der Waals surface area contributed by atoms with E-state index in [2.05, 4.69) is 0 Å². The van der Waals surface area contributed by atoms with Crippen LogP contribution in [0.4, 0.5) is 4.39 Å². The highest BCUT2D eigenvalue weighted by atomic mass is 19.1. The summed E-state index contributed by atoms with van der Waals surface area (Å²) >= 11 is 0. The Balaban J connectivity index is 2.46. The number of aliphatic carboxylic acids is 1. The van der Waals surface area contributed by atoms with E-state index in [4.69, 9.17) is 5.11 Å². The minimum Gasteiger partial charge on any atom is -0.481 e. The van der Waals surface area contributed by atoms with Gasteiger partial charge in [0.05, 0.1) is 5.92 Å². The van der Waals surface area contributed by atoms with Crippen LogP contribution in [-0.2, 0) is 4.79 Å². The zero-order valence-corrected chi connectivity index (χ0v) is 10.9. The first kappa shape index (κ1) is 13.3. The van der Waals surface area contributed by atoms with Gasteiger partial charge >= 0.3 is 5.97 Å². The molecule has 98 valence electrons. The van der Waals surface area contributed by atoms with Gasteiger partial charge in [-0.2, -0.15) is 0 Å². The summed E-state index contributed by atoms with van der Waals surface area (Å²) in [5.41, 5.74) is 3.50. The quantitative estimate of drug-likeness (QED) is 0.903. The van der Waals surface area contributed by atoms with Crippen molar-refractivity contribution in [3.63, 3.8) is 0 Å². The van der Waals surface area contributed by atoms with Crippen molar-refractivity contribution in [2.75, 3.05) is 0 Å². The highest BCUT2D eigenvalue weighted by Gasteiger charge is 2.16. The lowest BCUT2D eigenvalue weighted by Gasteiger charge is -2.12. The fraction of sp³-hybridized carbons (Fsp3) is 0.188. The molecule has 0 amide bonds. The number of hydrogen-bond acceptors (Lipinski definition) is 1. The van der Waals surface area contributed by atoms with Crippen LogP contribution >= 0.6 is 0 Å². The molecule has 3 heteroatoms. The minimum absolute atomic E-state index is 0.282. The Bertz CT molecular complexity index is 603. The minimum atomic E-state index is -0.848. The lowest BCUT2D eigenvalue weighted by atomic mass is 9.92. The fourth-order valence-electron chi connectivity index (χ4n) is 2.06. The first-order valence-electron chi connectivity index (χ1n) is 6.08. The molecule has 1 unspecified atom stereocenters. The molecule has 0 heterocycles. The predicted molar refractivity (Wildman–Crippen MR) is 72.6 cm³/mol. The van der Waals surface area contributed by atoms with Crippen LogP contribution in [0.5, 0.6) is 0 Å². The third-order valence-electron chi connectivity index (χ3n) is 3.29. The second-order valence-electron chi connectivity index (χ2n) is 4.64. The smallest absolute Gasteiger partial charge is 0.310 e. The number of hydrogen-bond donors (Lipinski definition) is 1. The van der Waals surface area contributed by atoms with Gasteiger partial charge in [0.1, 0.15) is 5.82 Å². The zero-order chi connectivity index (χ0) is 14.0. The predicted octanol–water partition coefficient (Wildman–Crippen LogP) is 3.99. The SMILES string of the molecule is Cc1ccc(-c2ccc(F)cc2)cc1C(C)C(=O)O. The van der Waals surface area contributed by atoms with Crippen LogP contribution in [0.2, 0.25) is 0 Å². The molecule has 0 saturated heterocycles. The summed E-state index contributed by atoms with van der Waals surface area (Å²) in [6.45, 7) is 3.56. The molecule has 0 bridgehead atoms. The van der Waals surface area contributed by atoms with Gasteiger partial charge < -0.3 is 5.11 Å². The number of benzene rings is 2. The third-order valence-corrected chi connectivity index (χ3v) is 3.29. The normalized spacial score (nSPS) is 12.2. The van der Waals surface area contributed by atoms with Gasteiger partial charge in [-0.15, -0.1) is 0 Å². The molecule has 1 N–H and O–H groups in total. The summed E-state index contributed by atoms with van der Waals surface area (Å²) in [5, 5.41) is 9.11. The van der Waals surface area contributed by atoms with E-state index in [9.17, 15) is 9.18 Å². The van der Waals surface area contributed by atoms with Crippen LogP contribution < -0.4 is 0 Å². The summed E-state index contributed by atoms with van der Waals surface area (Å²) in [4.78, 5) is 11.1. The molecule has 2 aromatic rings. The van der Waals surface area contributed by atoms with Gasteiger partial charge in [0.15, 0.2) is 0 Å². The van der Waals surface area contributed by atoms with E-state index in [1.165, 1.54) is 12.1 Å². The van der Waals surface area contributed by atoms with Crippen molar-refractivity contribution < 1.29 is 14.3 Å². The van der Waals surface area contributed by atoms with Crippen molar-refractivity contribution in [3.8, 4) is 11.1 Å². The third kappa shape index (κ3) is 2.81. The second-order valence-corrected chi connectivity index (χ2v) is 4.64. The van der Waals surface area contributed by atoms with E-state index in [1.807, 2.05) is 25.1 Å². The van der Waals surface area contributed by atoms with E-state index in [0.29, 0.717) is 0 Å². The molecule has 0 aromatic heterocycles. The molecule has 2 aromatic carbocycles. The van der Waals surface area contributed by atoms with Gasteiger partial charge in [-0.3, -0.25) is 4.79 Å². The fourth-order valence-corrected chi connectivity index (χ4v) is 2.06. The Morgan fingerprint density at radius 3 is 2.26 bits per heavy atom. The van der Waals surface area contributed by atoms with E-state index in [-0.39, 0.29) is 5.82 Å².